The van der Waals surface area contributed by atoms with Gasteiger partial charge in [-0.1, -0.05) is 97.7 Å². The molecule has 0 radical (unpaired) electrons. The van der Waals surface area contributed by atoms with Crippen molar-refractivity contribution in [3.8, 4) is 11.3 Å². The second-order valence-corrected chi connectivity index (χ2v) is 8.09. The highest BCUT2D eigenvalue weighted by molar-refractivity contribution is 6.30. The molecule has 1 N–H and O–H groups in total. The largest absolute Gasteiger partial charge is 0.304 e. The van der Waals surface area contributed by atoms with Gasteiger partial charge in [-0.25, -0.2) is 0 Å². The smallest absolute Gasteiger partial charge is 0.117 e. The molecule has 4 rings (SSSR count). The lowest BCUT2D eigenvalue weighted by atomic mass is 10.0. The van der Waals surface area contributed by atoms with E-state index in [2.05, 4.69) is 54.7 Å². The lowest BCUT2D eigenvalue weighted by Gasteiger charge is -2.18. The summed E-state index contributed by atoms with van der Waals surface area (Å²) in [4.78, 5) is 1.77. The first kappa shape index (κ1) is 21.3. The Morgan fingerprint density at radius 3 is 2.35 bits per heavy atom. The second-order valence-electron chi connectivity index (χ2n) is 7.65. The van der Waals surface area contributed by atoms with E-state index in [1.165, 1.54) is 5.56 Å². The van der Waals surface area contributed by atoms with E-state index in [9.17, 15) is 0 Å². The van der Waals surface area contributed by atoms with E-state index in [4.69, 9.17) is 21.8 Å². The van der Waals surface area contributed by atoms with Gasteiger partial charge in [-0.05, 0) is 29.7 Å². The van der Waals surface area contributed by atoms with Crippen molar-refractivity contribution >= 4 is 11.6 Å². The van der Waals surface area contributed by atoms with Crippen LogP contribution in [0.3, 0.4) is 0 Å². The molecule has 0 amide bonds. The van der Waals surface area contributed by atoms with Gasteiger partial charge in [-0.15, -0.1) is 0 Å². The van der Waals surface area contributed by atoms with Crippen molar-refractivity contribution in [2.24, 2.45) is 0 Å². The SMILES string of the molecule is CCC[C@@H](NCc1nn(Cc2cccc(Cl)c2)nc1-c1ccccc1)c1ccccc1. The number of nitrogens with one attached hydrogen (secondary N) is 1. The fourth-order valence-electron chi connectivity index (χ4n) is 3.77. The summed E-state index contributed by atoms with van der Waals surface area (Å²) in [7, 11) is 0. The summed E-state index contributed by atoms with van der Waals surface area (Å²) in [6.07, 6.45) is 2.18. The Kier molecular flexibility index (Phi) is 7.13. The molecule has 3 aromatic carbocycles. The molecule has 1 heterocycles. The highest BCUT2D eigenvalue weighted by atomic mass is 35.5. The zero-order chi connectivity index (χ0) is 21.5. The van der Waals surface area contributed by atoms with Crippen molar-refractivity contribution in [3.63, 3.8) is 0 Å². The zero-order valence-corrected chi connectivity index (χ0v) is 18.5. The van der Waals surface area contributed by atoms with Crippen molar-refractivity contribution in [2.75, 3.05) is 0 Å². The summed E-state index contributed by atoms with van der Waals surface area (Å²) >= 11 is 6.16. The monoisotopic (exact) mass is 430 g/mol. The molecule has 0 unspecified atom stereocenters. The van der Waals surface area contributed by atoms with Gasteiger partial charge < -0.3 is 5.32 Å². The summed E-state index contributed by atoms with van der Waals surface area (Å²) < 4.78 is 0. The van der Waals surface area contributed by atoms with E-state index in [1.54, 1.807) is 4.80 Å². The fourth-order valence-corrected chi connectivity index (χ4v) is 3.98. The molecule has 0 saturated carbocycles. The van der Waals surface area contributed by atoms with E-state index < -0.39 is 0 Å². The fraction of sp³-hybridized carbons (Fsp3) is 0.231. The number of hydrogen-bond acceptors (Lipinski definition) is 3. The molecule has 1 aromatic heterocycles. The minimum atomic E-state index is 0.285. The maximum absolute atomic E-state index is 6.16. The molecule has 0 spiro atoms. The predicted molar refractivity (Wildman–Crippen MR) is 127 cm³/mol. The third kappa shape index (κ3) is 5.60. The molecule has 4 aromatic rings. The highest BCUT2D eigenvalue weighted by Gasteiger charge is 2.16. The number of halogens is 1. The lowest BCUT2D eigenvalue weighted by Crippen LogP contribution is -2.21. The average Bonchev–Trinajstić information content (AvgIpc) is 3.20. The number of aromatic nitrogens is 3. The van der Waals surface area contributed by atoms with Crippen LogP contribution in [0, 0.1) is 0 Å². The molecule has 0 bridgehead atoms. The van der Waals surface area contributed by atoms with Crippen LogP contribution in [-0.2, 0) is 13.1 Å². The van der Waals surface area contributed by atoms with Crippen LogP contribution in [0.1, 0.15) is 42.6 Å². The average molecular weight is 431 g/mol. The van der Waals surface area contributed by atoms with Gasteiger partial charge in [-0.2, -0.15) is 15.0 Å². The molecule has 0 fully saturated rings. The van der Waals surface area contributed by atoms with Gasteiger partial charge in [0, 0.05) is 23.2 Å². The molecule has 1 atom stereocenters. The van der Waals surface area contributed by atoms with Gasteiger partial charge in [0.15, 0.2) is 0 Å². The highest BCUT2D eigenvalue weighted by Crippen LogP contribution is 2.23. The summed E-state index contributed by atoms with van der Waals surface area (Å²) in [6.45, 7) is 3.45. The van der Waals surface area contributed by atoms with Crippen LogP contribution in [0.5, 0.6) is 0 Å². The molecule has 0 aliphatic heterocycles. The first-order valence-electron chi connectivity index (χ1n) is 10.7. The van der Waals surface area contributed by atoms with Gasteiger partial charge >= 0.3 is 0 Å². The number of nitrogens with zero attached hydrogens (tertiary/aromatic N) is 3. The second kappa shape index (κ2) is 10.4. The molecular formula is C26H27ClN4. The Morgan fingerprint density at radius 2 is 1.65 bits per heavy atom. The van der Waals surface area contributed by atoms with E-state index >= 15 is 0 Å². The minimum absolute atomic E-state index is 0.285. The number of rotatable bonds is 9. The molecule has 0 saturated heterocycles. The van der Waals surface area contributed by atoms with Crippen molar-refractivity contribution in [1.29, 1.82) is 0 Å². The van der Waals surface area contributed by atoms with Crippen LogP contribution >= 0.6 is 11.6 Å². The minimum Gasteiger partial charge on any atom is -0.304 e. The van der Waals surface area contributed by atoms with Crippen molar-refractivity contribution < 1.29 is 0 Å². The predicted octanol–water partition coefficient (Wildman–Crippen LogP) is 6.28. The Labute approximate surface area is 188 Å². The summed E-state index contributed by atoms with van der Waals surface area (Å²) in [5.41, 5.74) is 5.32. The Balaban J connectivity index is 1.59. The summed E-state index contributed by atoms with van der Waals surface area (Å²) in [5, 5.41) is 14.1. The summed E-state index contributed by atoms with van der Waals surface area (Å²) in [5.74, 6) is 0. The first-order valence-corrected chi connectivity index (χ1v) is 11.1. The number of benzene rings is 3. The van der Waals surface area contributed by atoms with E-state index in [0.29, 0.717) is 13.1 Å². The van der Waals surface area contributed by atoms with Gasteiger partial charge in [0.05, 0.1) is 6.54 Å². The van der Waals surface area contributed by atoms with Gasteiger partial charge in [0.1, 0.15) is 11.4 Å². The Bertz CT molecular complexity index is 1090. The van der Waals surface area contributed by atoms with Crippen molar-refractivity contribution in [3.05, 3.63) is 107 Å². The Hall–Kier alpha value is -2.95. The third-order valence-electron chi connectivity index (χ3n) is 5.28. The van der Waals surface area contributed by atoms with Crippen molar-refractivity contribution in [2.45, 2.75) is 38.9 Å². The third-order valence-corrected chi connectivity index (χ3v) is 5.52. The van der Waals surface area contributed by atoms with Crippen LogP contribution in [0.15, 0.2) is 84.9 Å². The maximum atomic E-state index is 6.16. The van der Waals surface area contributed by atoms with Gasteiger partial charge in [0.2, 0.25) is 0 Å². The van der Waals surface area contributed by atoms with Crippen LogP contribution in [0.25, 0.3) is 11.3 Å². The topological polar surface area (TPSA) is 42.7 Å². The van der Waals surface area contributed by atoms with Gasteiger partial charge in [0.25, 0.3) is 0 Å². The molecule has 0 aliphatic rings. The number of hydrogen-bond donors (Lipinski definition) is 1. The molecular weight excluding hydrogens is 404 g/mol. The Morgan fingerprint density at radius 1 is 0.903 bits per heavy atom. The molecule has 4 nitrogen and oxygen atoms in total. The maximum Gasteiger partial charge on any atom is 0.117 e. The zero-order valence-electron chi connectivity index (χ0n) is 17.7. The van der Waals surface area contributed by atoms with Crippen LogP contribution in [0.4, 0.5) is 0 Å². The van der Waals surface area contributed by atoms with Crippen LogP contribution in [0.2, 0.25) is 5.02 Å². The molecule has 0 aliphatic carbocycles. The molecule has 5 heteroatoms. The van der Waals surface area contributed by atoms with Crippen LogP contribution in [-0.4, -0.2) is 15.0 Å². The first-order chi connectivity index (χ1) is 15.2. The standard InChI is InChI=1S/C26H27ClN4/c1-2-10-24(21-12-5-3-6-13-21)28-18-25-26(22-14-7-4-8-15-22)30-31(29-25)19-20-11-9-16-23(27)17-20/h3-9,11-17,24,28H,2,10,18-19H2,1H3/t24-/m1/s1. The normalized spacial score (nSPS) is 12.1. The van der Waals surface area contributed by atoms with E-state index in [0.717, 1.165) is 40.4 Å². The lowest BCUT2D eigenvalue weighted by molar-refractivity contribution is 0.485. The summed E-state index contributed by atoms with van der Waals surface area (Å²) in [6, 6.07) is 29.0. The van der Waals surface area contributed by atoms with E-state index in [-0.39, 0.29) is 6.04 Å². The molecule has 158 valence electrons. The van der Waals surface area contributed by atoms with E-state index in [1.807, 2.05) is 42.5 Å². The van der Waals surface area contributed by atoms with Gasteiger partial charge in [-0.3, -0.25) is 0 Å². The van der Waals surface area contributed by atoms with Crippen molar-refractivity contribution in [1.82, 2.24) is 20.3 Å². The quantitative estimate of drug-likeness (QED) is 0.340. The van der Waals surface area contributed by atoms with Crippen LogP contribution < -0.4 is 5.32 Å². The molecule has 31 heavy (non-hydrogen) atoms.